The zero-order chi connectivity index (χ0) is 31.1. The van der Waals surface area contributed by atoms with Crippen molar-refractivity contribution in [3.63, 3.8) is 0 Å². The number of aromatic nitrogens is 2. The number of rotatable bonds is 16. The molecular weight excluding hydrogens is 554 g/mol. The molecule has 3 heterocycles. The minimum absolute atomic E-state index is 0.00777. The highest BCUT2D eigenvalue weighted by molar-refractivity contribution is 5.99. The Bertz CT molecular complexity index is 1500. The van der Waals surface area contributed by atoms with Crippen LogP contribution >= 0.6 is 0 Å². The number of carbonyl (C=O) groups is 2. The molecule has 0 spiro atoms. The lowest BCUT2D eigenvalue weighted by molar-refractivity contribution is -0.127. The summed E-state index contributed by atoms with van der Waals surface area (Å²) < 4.78 is 5.64. The van der Waals surface area contributed by atoms with Crippen LogP contribution in [0.4, 0.5) is 5.82 Å². The summed E-state index contributed by atoms with van der Waals surface area (Å²) in [6.45, 7) is 2.78. The first kappa shape index (κ1) is 31.5. The van der Waals surface area contributed by atoms with Crippen LogP contribution in [0.2, 0.25) is 0 Å². The van der Waals surface area contributed by atoms with Crippen molar-refractivity contribution in [2.75, 3.05) is 25.6 Å². The molecule has 1 aliphatic carbocycles. The number of ketones is 2. The largest absolute Gasteiger partial charge is 0.504 e. The molecule has 2 unspecified atom stereocenters. The molecule has 1 aliphatic heterocycles. The maximum absolute atomic E-state index is 12.8. The summed E-state index contributed by atoms with van der Waals surface area (Å²) in [4.78, 5) is 33.1. The van der Waals surface area contributed by atoms with E-state index in [1.807, 2.05) is 30.5 Å². The molecule has 0 fully saturated rings. The van der Waals surface area contributed by atoms with Crippen LogP contribution in [-0.2, 0) is 22.4 Å². The number of nitrogens with one attached hydrogen (secondary N) is 2. The van der Waals surface area contributed by atoms with Gasteiger partial charge in [-0.25, -0.2) is 4.98 Å². The van der Waals surface area contributed by atoms with Crippen molar-refractivity contribution >= 4 is 23.0 Å². The number of ether oxygens (including phenoxy) is 1. The van der Waals surface area contributed by atoms with Gasteiger partial charge in [-0.2, -0.15) is 0 Å². The van der Waals surface area contributed by atoms with Crippen molar-refractivity contribution < 1.29 is 24.5 Å². The van der Waals surface area contributed by atoms with Gasteiger partial charge >= 0.3 is 0 Å². The number of Topliss-reactive ketones (excluding diaryl/α,β-unsaturated/α-hetero) is 2. The average Bonchev–Trinajstić information content (AvgIpc) is 3.54. The van der Waals surface area contributed by atoms with Gasteiger partial charge in [0.1, 0.15) is 17.4 Å². The highest BCUT2D eigenvalue weighted by atomic mass is 16.5. The Labute approximate surface area is 260 Å². The van der Waals surface area contributed by atoms with Gasteiger partial charge in [-0.05, 0) is 66.6 Å². The number of anilines is 1. The van der Waals surface area contributed by atoms with E-state index < -0.39 is 11.3 Å². The number of H-pyrrole nitrogens is 1. The van der Waals surface area contributed by atoms with E-state index in [9.17, 15) is 19.8 Å². The molecule has 44 heavy (non-hydrogen) atoms. The fourth-order valence-electron chi connectivity index (χ4n) is 6.98. The number of phenols is 1. The number of benzene rings is 1. The Morgan fingerprint density at radius 1 is 1.09 bits per heavy atom. The first-order valence-corrected chi connectivity index (χ1v) is 16.0. The summed E-state index contributed by atoms with van der Waals surface area (Å²) >= 11 is 0. The van der Waals surface area contributed by atoms with Crippen LogP contribution in [0.15, 0.2) is 48.8 Å². The van der Waals surface area contributed by atoms with E-state index >= 15 is 0 Å². The molecule has 1 aromatic carbocycles. The summed E-state index contributed by atoms with van der Waals surface area (Å²) in [6, 6.07) is 9.64. The molecule has 2 aromatic heterocycles. The van der Waals surface area contributed by atoms with Crippen LogP contribution in [0.3, 0.4) is 0 Å². The fraction of sp³-hybridized carbons (Fsp3) is 0.472. The first-order chi connectivity index (χ1) is 21.4. The van der Waals surface area contributed by atoms with Gasteiger partial charge in [0.2, 0.25) is 0 Å². The predicted molar refractivity (Wildman–Crippen MR) is 172 cm³/mol. The third kappa shape index (κ3) is 6.75. The second-order valence-electron chi connectivity index (χ2n) is 12.3. The van der Waals surface area contributed by atoms with Crippen LogP contribution in [-0.4, -0.2) is 52.0 Å². The molecule has 0 bridgehead atoms. The van der Waals surface area contributed by atoms with Crippen LogP contribution in [0.5, 0.6) is 11.5 Å². The standard InChI is InChI=1S/C36H45N3O5/c1-3-4-5-6-7-10-27(41)20-28(42)12-11-24-18-30(34(43)31(19-24)44-2)33-29-14-17-39-35-32(29)25(13-16-38-35)21-36(33,23-40)22-26-9-8-15-37-26/h8-9,14-15,17-19,21,33,37,40,43H,3-7,10-13,16,20,22-23H2,1-2H3,(H,38,39). The van der Waals surface area contributed by atoms with Gasteiger partial charge in [-0.3, -0.25) is 9.59 Å². The summed E-state index contributed by atoms with van der Waals surface area (Å²) in [5.41, 5.74) is 4.82. The molecule has 8 heteroatoms. The predicted octanol–water partition coefficient (Wildman–Crippen LogP) is 6.51. The van der Waals surface area contributed by atoms with E-state index in [0.29, 0.717) is 30.6 Å². The average molecular weight is 600 g/mol. The molecule has 2 atom stereocenters. The SMILES string of the molecule is CCCCCCCC(=O)CC(=O)CCc1cc(OC)c(O)c(C2c3ccnc4c3C(=CC2(CO)Cc2ccc[nH]2)CCN4)c1. The molecular formula is C36H45N3O5. The Morgan fingerprint density at radius 3 is 2.66 bits per heavy atom. The number of aryl methyl sites for hydroxylation is 1. The molecule has 0 saturated heterocycles. The molecule has 2 aliphatic rings. The molecule has 4 N–H and O–H groups in total. The molecule has 8 nitrogen and oxygen atoms in total. The first-order valence-electron chi connectivity index (χ1n) is 16.0. The van der Waals surface area contributed by atoms with Gasteiger partial charge < -0.3 is 25.3 Å². The van der Waals surface area contributed by atoms with Crippen LogP contribution < -0.4 is 10.1 Å². The van der Waals surface area contributed by atoms with Crippen molar-refractivity contribution in [3.8, 4) is 11.5 Å². The zero-order valence-corrected chi connectivity index (χ0v) is 26.0. The summed E-state index contributed by atoms with van der Waals surface area (Å²) in [5.74, 6) is 0.646. The summed E-state index contributed by atoms with van der Waals surface area (Å²) in [6.07, 6.45) is 13.6. The highest BCUT2D eigenvalue weighted by Gasteiger charge is 2.46. The van der Waals surface area contributed by atoms with Gasteiger partial charge in [-0.1, -0.05) is 44.7 Å². The van der Waals surface area contributed by atoms with Gasteiger partial charge in [0, 0.05) is 59.9 Å². The molecule has 3 aromatic rings. The number of methoxy groups -OCH3 is 1. The number of aliphatic hydroxyl groups excluding tert-OH is 1. The number of nitrogens with zero attached hydrogens (tertiary/aromatic N) is 1. The number of hydrogen-bond acceptors (Lipinski definition) is 7. The molecule has 0 radical (unpaired) electrons. The van der Waals surface area contributed by atoms with Crippen molar-refractivity contribution in [1.29, 1.82) is 0 Å². The fourth-order valence-corrected chi connectivity index (χ4v) is 6.98. The van der Waals surface area contributed by atoms with E-state index in [1.54, 1.807) is 12.3 Å². The Morgan fingerprint density at radius 2 is 1.91 bits per heavy atom. The van der Waals surface area contributed by atoms with Crippen molar-refractivity contribution in [3.05, 3.63) is 76.7 Å². The third-order valence-electron chi connectivity index (χ3n) is 9.16. The van der Waals surface area contributed by atoms with Crippen LogP contribution in [0.25, 0.3) is 5.57 Å². The van der Waals surface area contributed by atoms with Gasteiger partial charge in [0.15, 0.2) is 11.5 Å². The summed E-state index contributed by atoms with van der Waals surface area (Å²) in [5, 5.41) is 26.2. The van der Waals surface area contributed by atoms with E-state index in [1.165, 1.54) is 13.5 Å². The van der Waals surface area contributed by atoms with E-state index in [-0.39, 0.29) is 36.8 Å². The highest BCUT2D eigenvalue weighted by Crippen LogP contribution is 2.56. The Kier molecular flexibility index (Phi) is 10.2. The maximum Gasteiger partial charge on any atom is 0.161 e. The Hall–Kier alpha value is -3.91. The molecule has 0 saturated carbocycles. The Balaban J connectivity index is 1.45. The lowest BCUT2D eigenvalue weighted by Gasteiger charge is -2.44. The number of carbonyl (C=O) groups excluding carboxylic acids is 2. The van der Waals surface area contributed by atoms with Crippen molar-refractivity contribution in [2.24, 2.45) is 5.41 Å². The number of hydrogen-bond donors (Lipinski definition) is 4. The normalized spacial score (nSPS) is 18.7. The second kappa shape index (κ2) is 14.2. The lowest BCUT2D eigenvalue weighted by atomic mass is 9.61. The number of phenolic OH excluding ortho intramolecular Hbond substituents is 1. The van der Waals surface area contributed by atoms with Gasteiger partial charge in [0.25, 0.3) is 0 Å². The minimum atomic E-state index is -0.760. The topological polar surface area (TPSA) is 125 Å². The minimum Gasteiger partial charge on any atom is -0.504 e. The number of aliphatic hydroxyl groups is 1. The summed E-state index contributed by atoms with van der Waals surface area (Å²) in [7, 11) is 1.52. The lowest BCUT2D eigenvalue weighted by Crippen LogP contribution is -2.38. The smallest absolute Gasteiger partial charge is 0.161 e. The molecule has 234 valence electrons. The van der Waals surface area contributed by atoms with Gasteiger partial charge in [-0.15, -0.1) is 0 Å². The number of pyridine rings is 1. The number of aromatic hydroxyl groups is 1. The molecule has 5 rings (SSSR count). The number of aromatic amines is 1. The third-order valence-corrected chi connectivity index (χ3v) is 9.16. The van der Waals surface area contributed by atoms with E-state index in [0.717, 1.165) is 72.4 Å². The van der Waals surface area contributed by atoms with Crippen molar-refractivity contribution in [2.45, 2.75) is 83.5 Å². The number of unbranched alkanes of at least 4 members (excludes halogenated alkanes) is 4. The van der Waals surface area contributed by atoms with Crippen LogP contribution in [0.1, 0.15) is 98.6 Å². The van der Waals surface area contributed by atoms with E-state index in [2.05, 4.69) is 28.3 Å². The quantitative estimate of drug-likeness (QED) is 0.109. The van der Waals surface area contributed by atoms with E-state index in [4.69, 9.17) is 4.74 Å². The second-order valence-corrected chi connectivity index (χ2v) is 12.3. The molecule has 0 amide bonds. The van der Waals surface area contributed by atoms with Crippen molar-refractivity contribution in [1.82, 2.24) is 9.97 Å². The van der Waals surface area contributed by atoms with Gasteiger partial charge in [0.05, 0.1) is 20.1 Å². The van der Waals surface area contributed by atoms with Crippen LogP contribution in [0, 0.1) is 5.41 Å². The maximum atomic E-state index is 12.8. The monoisotopic (exact) mass is 599 g/mol. The zero-order valence-electron chi connectivity index (χ0n) is 26.0.